The van der Waals surface area contributed by atoms with Crippen molar-refractivity contribution in [1.29, 1.82) is 5.26 Å². The van der Waals surface area contributed by atoms with Gasteiger partial charge in [-0.05, 0) is 63.6 Å². The Morgan fingerprint density at radius 2 is 2.11 bits per heavy atom. The van der Waals surface area contributed by atoms with Gasteiger partial charge in [0.25, 0.3) is 0 Å². The number of aryl methyl sites for hydroxylation is 2. The maximum absolute atomic E-state index is 11.8. The van der Waals surface area contributed by atoms with Crippen molar-refractivity contribution in [3.63, 3.8) is 0 Å². The molecule has 0 saturated carbocycles. The van der Waals surface area contributed by atoms with E-state index in [1.807, 2.05) is 13.0 Å². The van der Waals surface area contributed by atoms with E-state index in [1.165, 1.54) is 18.0 Å². The Kier molecular flexibility index (Phi) is 10.2. The molecule has 10 nitrogen and oxygen atoms in total. The molecular weight excluding hydrogens is 446 g/mol. The van der Waals surface area contributed by atoms with Crippen LogP contribution in [0.5, 0.6) is 0 Å². The van der Waals surface area contributed by atoms with Crippen LogP contribution in [-0.4, -0.2) is 76.4 Å². The van der Waals surface area contributed by atoms with Crippen molar-refractivity contribution in [2.45, 2.75) is 57.6 Å². The second kappa shape index (κ2) is 13.6. The van der Waals surface area contributed by atoms with Gasteiger partial charge in [-0.25, -0.2) is 19.7 Å². The molecule has 0 fully saturated rings. The third-order valence-corrected chi connectivity index (χ3v) is 6.14. The SMILES string of the molecule is CO[C@H](C)CN(CCCCc1ccc2c(n1)NCCC2)CCC(Nc1ncc(C#N)cn1)C(=O)O. The largest absolute Gasteiger partial charge is 0.480 e. The zero-order valence-electron chi connectivity index (χ0n) is 20.5. The lowest BCUT2D eigenvalue weighted by atomic mass is 10.1. The molecule has 10 heteroatoms. The summed E-state index contributed by atoms with van der Waals surface area (Å²) in [6.07, 6.45) is 8.30. The van der Waals surface area contributed by atoms with Crippen molar-refractivity contribution in [3.8, 4) is 6.07 Å². The normalized spacial score (nSPS) is 14.5. The number of aromatic nitrogens is 3. The predicted molar refractivity (Wildman–Crippen MR) is 133 cm³/mol. The number of aliphatic carboxylic acids is 1. The molecule has 0 radical (unpaired) electrons. The van der Waals surface area contributed by atoms with E-state index >= 15 is 0 Å². The van der Waals surface area contributed by atoms with Crippen molar-refractivity contribution >= 4 is 17.7 Å². The fourth-order valence-electron chi connectivity index (χ4n) is 4.07. The molecule has 2 atom stereocenters. The monoisotopic (exact) mass is 481 g/mol. The molecule has 0 bridgehead atoms. The fraction of sp³-hybridized carbons (Fsp3) is 0.560. The highest BCUT2D eigenvalue weighted by Crippen LogP contribution is 2.20. The first kappa shape index (κ1) is 26.3. The molecule has 1 unspecified atom stereocenters. The summed E-state index contributed by atoms with van der Waals surface area (Å²) in [5.41, 5.74) is 2.73. The van der Waals surface area contributed by atoms with Crippen LogP contribution in [0.3, 0.4) is 0 Å². The van der Waals surface area contributed by atoms with Crippen LogP contribution < -0.4 is 10.6 Å². The topological polar surface area (TPSA) is 136 Å². The van der Waals surface area contributed by atoms with Gasteiger partial charge in [-0.1, -0.05) is 6.07 Å². The number of nitrogens with zero attached hydrogens (tertiary/aromatic N) is 5. The number of carbonyl (C=O) groups is 1. The molecule has 2 aromatic heterocycles. The standard InChI is InChI=1S/C25H35N7O3/c1-18(35-2)17-32(12-4-3-7-21-9-8-20-6-5-11-27-23(20)30-21)13-10-22(24(33)34)31-25-28-15-19(14-26)16-29-25/h8-9,15-16,18,22H,3-7,10-13,17H2,1-2H3,(H,27,30)(H,33,34)(H,28,29,31)/t18-,22?/m1/s1. The zero-order chi connectivity index (χ0) is 25.0. The van der Waals surface area contributed by atoms with Crippen LogP contribution in [-0.2, 0) is 22.4 Å². The van der Waals surface area contributed by atoms with Crippen LogP contribution in [0.2, 0.25) is 0 Å². The van der Waals surface area contributed by atoms with Crippen LogP contribution in [0.15, 0.2) is 24.5 Å². The molecule has 35 heavy (non-hydrogen) atoms. The lowest BCUT2D eigenvalue weighted by molar-refractivity contribution is -0.138. The van der Waals surface area contributed by atoms with E-state index in [0.29, 0.717) is 18.5 Å². The van der Waals surface area contributed by atoms with E-state index in [1.54, 1.807) is 7.11 Å². The first-order valence-electron chi connectivity index (χ1n) is 12.2. The highest BCUT2D eigenvalue weighted by Gasteiger charge is 2.20. The Balaban J connectivity index is 1.50. The maximum atomic E-state index is 11.8. The molecule has 2 aromatic rings. The minimum absolute atomic E-state index is 0.0430. The van der Waals surface area contributed by atoms with Gasteiger partial charge in [-0.15, -0.1) is 0 Å². The molecule has 0 spiro atoms. The Morgan fingerprint density at radius 3 is 2.83 bits per heavy atom. The van der Waals surface area contributed by atoms with E-state index in [-0.39, 0.29) is 12.1 Å². The second-order valence-electron chi connectivity index (χ2n) is 8.88. The highest BCUT2D eigenvalue weighted by molar-refractivity contribution is 5.76. The van der Waals surface area contributed by atoms with Gasteiger partial charge in [0.15, 0.2) is 0 Å². The number of nitriles is 1. The number of fused-ring (bicyclic) bond motifs is 1. The van der Waals surface area contributed by atoms with Gasteiger partial charge in [0.2, 0.25) is 5.95 Å². The number of hydrogen-bond acceptors (Lipinski definition) is 9. The number of hydrogen-bond donors (Lipinski definition) is 3. The third-order valence-electron chi connectivity index (χ3n) is 6.14. The van der Waals surface area contributed by atoms with Crippen molar-refractivity contribution in [2.24, 2.45) is 0 Å². The first-order valence-corrected chi connectivity index (χ1v) is 12.2. The number of pyridine rings is 1. The van der Waals surface area contributed by atoms with Crippen LogP contribution in [0.25, 0.3) is 0 Å². The molecule has 3 heterocycles. The number of nitrogens with one attached hydrogen (secondary N) is 2. The smallest absolute Gasteiger partial charge is 0.326 e. The third kappa shape index (κ3) is 8.46. The van der Waals surface area contributed by atoms with Crippen LogP contribution in [0.4, 0.5) is 11.8 Å². The summed E-state index contributed by atoms with van der Waals surface area (Å²) < 4.78 is 5.44. The van der Waals surface area contributed by atoms with Gasteiger partial charge in [0, 0.05) is 32.4 Å². The number of ether oxygens (including phenoxy) is 1. The van der Waals surface area contributed by atoms with Gasteiger partial charge in [0.1, 0.15) is 17.9 Å². The van der Waals surface area contributed by atoms with Gasteiger partial charge >= 0.3 is 5.97 Å². The number of methoxy groups -OCH3 is 1. The average molecular weight is 482 g/mol. The molecule has 0 aromatic carbocycles. The molecule has 0 amide bonds. The van der Waals surface area contributed by atoms with Crippen LogP contribution in [0, 0.1) is 11.3 Å². The van der Waals surface area contributed by atoms with Gasteiger partial charge < -0.3 is 25.4 Å². The molecule has 1 aliphatic rings. The number of rotatable bonds is 14. The van der Waals surface area contributed by atoms with Gasteiger partial charge in [0.05, 0.1) is 24.1 Å². The van der Waals surface area contributed by atoms with Crippen LogP contribution >= 0.6 is 0 Å². The van der Waals surface area contributed by atoms with Crippen molar-refractivity contribution in [1.82, 2.24) is 19.9 Å². The van der Waals surface area contributed by atoms with E-state index in [4.69, 9.17) is 15.0 Å². The van der Waals surface area contributed by atoms with Crippen molar-refractivity contribution in [2.75, 3.05) is 43.9 Å². The maximum Gasteiger partial charge on any atom is 0.326 e. The Hall–Kier alpha value is -3.29. The Bertz CT molecular complexity index is 994. The Labute approximate surface area is 206 Å². The summed E-state index contributed by atoms with van der Waals surface area (Å²) in [5.74, 6) is 0.257. The predicted octanol–water partition coefficient (Wildman–Crippen LogP) is 2.72. The number of carboxylic acid groups (broad SMARTS) is 1. The first-order chi connectivity index (χ1) is 17.0. The van der Waals surface area contributed by atoms with E-state index < -0.39 is 12.0 Å². The minimum Gasteiger partial charge on any atom is -0.480 e. The molecule has 0 saturated heterocycles. The van der Waals surface area contributed by atoms with Gasteiger partial charge in [-0.3, -0.25) is 0 Å². The molecule has 0 aliphatic carbocycles. The average Bonchev–Trinajstić information content (AvgIpc) is 2.88. The number of carboxylic acids is 1. The molecular formula is C25H35N7O3. The summed E-state index contributed by atoms with van der Waals surface area (Å²) >= 11 is 0. The number of anilines is 2. The van der Waals surface area contributed by atoms with E-state index in [0.717, 1.165) is 63.3 Å². The molecule has 3 N–H and O–H groups in total. The summed E-state index contributed by atoms with van der Waals surface area (Å²) in [5, 5.41) is 24.8. The summed E-state index contributed by atoms with van der Waals surface area (Å²) in [7, 11) is 1.68. The molecule has 1 aliphatic heterocycles. The minimum atomic E-state index is -0.968. The lowest BCUT2D eigenvalue weighted by Crippen LogP contribution is -2.38. The Morgan fingerprint density at radius 1 is 1.31 bits per heavy atom. The quantitative estimate of drug-likeness (QED) is 0.345. The highest BCUT2D eigenvalue weighted by atomic mass is 16.5. The second-order valence-corrected chi connectivity index (χ2v) is 8.88. The fourth-order valence-corrected chi connectivity index (χ4v) is 4.07. The zero-order valence-corrected chi connectivity index (χ0v) is 20.5. The summed E-state index contributed by atoms with van der Waals surface area (Å²) in [6.45, 7) is 5.15. The molecule has 188 valence electrons. The number of unbranched alkanes of at least 4 members (excludes halogenated alkanes) is 1. The molecule has 3 rings (SSSR count). The van der Waals surface area contributed by atoms with E-state index in [9.17, 15) is 9.90 Å². The van der Waals surface area contributed by atoms with Crippen molar-refractivity contribution < 1.29 is 14.6 Å². The van der Waals surface area contributed by atoms with E-state index in [2.05, 4.69) is 37.6 Å². The lowest BCUT2D eigenvalue weighted by Gasteiger charge is -2.26. The summed E-state index contributed by atoms with van der Waals surface area (Å²) in [6, 6.07) is 5.43. The van der Waals surface area contributed by atoms with Crippen molar-refractivity contribution in [3.05, 3.63) is 41.3 Å². The van der Waals surface area contributed by atoms with Gasteiger partial charge in [-0.2, -0.15) is 5.26 Å². The summed E-state index contributed by atoms with van der Waals surface area (Å²) in [4.78, 5) is 26.9. The van der Waals surface area contributed by atoms with Crippen LogP contribution in [0.1, 0.15) is 49.4 Å².